The zero-order valence-corrected chi connectivity index (χ0v) is 18.3. The molecule has 160 valence electrons. The summed E-state index contributed by atoms with van der Waals surface area (Å²) >= 11 is 7.29. The van der Waals surface area contributed by atoms with Crippen LogP contribution in [0.4, 0.5) is 0 Å². The number of aryl methyl sites for hydroxylation is 2. The summed E-state index contributed by atoms with van der Waals surface area (Å²) in [4.78, 5) is 52.0. The maximum Gasteiger partial charge on any atom is 0.359 e. The fourth-order valence-electron chi connectivity index (χ4n) is 2.98. The molecule has 1 N–H and O–H groups in total. The summed E-state index contributed by atoms with van der Waals surface area (Å²) in [6.45, 7) is 4.46. The summed E-state index contributed by atoms with van der Waals surface area (Å²) in [6, 6.07) is 0. The van der Waals surface area contributed by atoms with Gasteiger partial charge in [0.25, 0.3) is 5.56 Å². The maximum atomic E-state index is 12.5. The summed E-state index contributed by atoms with van der Waals surface area (Å²) in [5.74, 6) is -0.387. The minimum atomic E-state index is -0.732. The minimum Gasteiger partial charge on any atom is -0.453 e. The summed E-state index contributed by atoms with van der Waals surface area (Å²) < 4.78 is 8.41. The fraction of sp³-hybridized carbons (Fsp3) is 0.444. The monoisotopic (exact) mass is 452 g/mol. The SMILES string of the molecule is CCCCn1c(=O)[nH]c(=O)c2c1nc(COC(=O)c1nc(SC)ncc1Cl)n2CC. The Labute approximate surface area is 180 Å². The topological polar surface area (TPSA) is 125 Å². The molecule has 3 heterocycles. The van der Waals surface area contributed by atoms with Crippen molar-refractivity contribution in [1.29, 1.82) is 0 Å². The Kier molecular flexibility index (Phi) is 6.93. The van der Waals surface area contributed by atoms with Gasteiger partial charge in [0.15, 0.2) is 22.0 Å². The first kappa shape index (κ1) is 22.0. The Morgan fingerprint density at radius 2 is 2.03 bits per heavy atom. The molecule has 0 fully saturated rings. The van der Waals surface area contributed by atoms with Crippen LogP contribution in [0.25, 0.3) is 11.2 Å². The number of nitrogens with one attached hydrogen (secondary N) is 1. The molecule has 0 bridgehead atoms. The van der Waals surface area contributed by atoms with Crippen molar-refractivity contribution in [3.63, 3.8) is 0 Å². The van der Waals surface area contributed by atoms with Crippen LogP contribution < -0.4 is 11.2 Å². The van der Waals surface area contributed by atoms with E-state index in [-0.39, 0.29) is 28.5 Å². The van der Waals surface area contributed by atoms with Gasteiger partial charge in [0, 0.05) is 13.1 Å². The van der Waals surface area contributed by atoms with Crippen molar-refractivity contribution in [2.24, 2.45) is 0 Å². The number of aromatic nitrogens is 6. The average molecular weight is 453 g/mol. The number of imidazole rings is 1. The number of aromatic amines is 1. The number of H-pyrrole nitrogens is 1. The van der Waals surface area contributed by atoms with Crippen molar-refractivity contribution in [2.45, 2.75) is 51.5 Å². The van der Waals surface area contributed by atoms with Gasteiger partial charge in [-0.05, 0) is 19.6 Å². The number of thioether (sulfide) groups is 1. The molecule has 0 aliphatic carbocycles. The highest BCUT2D eigenvalue weighted by Gasteiger charge is 2.21. The molecule has 30 heavy (non-hydrogen) atoms. The van der Waals surface area contributed by atoms with Gasteiger partial charge in [-0.3, -0.25) is 14.3 Å². The van der Waals surface area contributed by atoms with Gasteiger partial charge < -0.3 is 9.30 Å². The lowest BCUT2D eigenvalue weighted by atomic mass is 10.3. The molecule has 10 nitrogen and oxygen atoms in total. The Morgan fingerprint density at radius 1 is 1.27 bits per heavy atom. The van der Waals surface area contributed by atoms with Gasteiger partial charge in [-0.15, -0.1) is 0 Å². The zero-order valence-electron chi connectivity index (χ0n) is 16.8. The van der Waals surface area contributed by atoms with E-state index >= 15 is 0 Å². The fourth-order valence-corrected chi connectivity index (χ4v) is 3.49. The highest BCUT2D eigenvalue weighted by Crippen LogP contribution is 2.19. The zero-order chi connectivity index (χ0) is 21.8. The number of nitrogens with zero attached hydrogens (tertiary/aromatic N) is 5. The number of carbonyl (C=O) groups is 1. The van der Waals surface area contributed by atoms with Crippen LogP contribution in [0, 0.1) is 0 Å². The Morgan fingerprint density at radius 3 is 2.70 bits per heavy atom. The van der Waals surface area contributed by atoms with Gasteiger partial charge in [-0.25, -0.2) is 24.5 Å². The molecule has 0 saturated heterocycles. The molecule has 3 aromatic rings. The van der Waals surface area contributed by atoms with Gasteiger partial charge >= 0.3 is 11.7 Å². The lowest BCUT2D eigenvalue weighted by Gasteiger charge is -2.08. The van der Waals surface area contributed by atoms with E-state index in [2.05, 4.69) is 19.9 Å². The lowest BCUT2D eigenvalue weighted by Crippen LogP contribution is -2.31. The molecule has 0 spiro atoms. The summed E-state index contributed by atoms with van der Waals surface area (Å²) in [5.41, 5.74) is -0.549. The summed E-state index contributed by atoms with van der Waals surface area (Å²) in [5, 5.41) is 0.463. The third-order valence-corrected chi connectivity index (χ3v) is 5.28. The van der Waals surface area contributed by atoms with Crippen LogP contribution in [0.5, 0.6) is 0 Å². The molecule has 3 aromatic heterocycles. The number of hydrogen-bond acceptors (Lipinski definition) is 8. The predicted octanol–water partition coefficient (Wildman–Crippen LogP) is 2.23. The molecule has 0 unspecified atom stereocenters. The second kappa shape index (κ2) is 9.43. The van der Waals surface area contributed by atoms with Gasteiger partial charge in [0.2, 0.25) is 0 Å². The van der Waals surface area contributed by atoms with E-state index in [1.807, 2.05) is 13.8 Å². The van der Waals surface area contributed by atoms with E-state index in [1.165, 1.54) is 22.5 Å². The third kappa shape index (κ3) is 4.26. The van der Waals surface area contributed by atoms with Gasteiger partial charge in [0.1, 0.15) is 12.4 Å². The first-order valence-corrected chi connectivity index (χ1v) is 11.0. The number of halogens is 1. The minimum absolute atomic E-state index is 0.0483. The second-order valence-corrected chi connectivity index (χ2v) is 7.52. The molecule has 0 radical (unpaired) electrons. The average Bonchev–Trinajstić information content (AvgIpc) is 3.11. The molecule has 0 saturated carbocycles. The standard InChI is InChI=1S/C18H21ClN6O4S/c1-4-6-7-25-14-13(15(26)23-18(25)28)24(5-2)11(21-14)9-29-16(27)12-10(19)8-20-17(22-12)30-3/h8H,4-7,9H2,1-3H3,(H,23,26,28). The Hall–Kier alpha value is -2.66. The van der Waals surface area contributed by atoms with Crippen molar-refractivity contribution in [2.75, 3.05) is 6.26 Å². The van der Waals surface area contributed by atoms with Crippen LogP contribution in [0.3, 0.4) is 0 Å². The van der Waals surface area contributed by atoms with Crippen molar-refractivity contribution < 1.29 is 9.53 Å². The quantitative estimate of drug-likeness (QED) is 0.313. The van der Waals surface area contributed by atoms with Crippen LogP contribution in [-0.2, 0) is 24.4 Å². The van der Waals surface area contributed by atoms with Crippen LogP contribution in [-0.4, -0.2) is 41.3 Å². The van der Waals surface area contributed by atoms with Gasteiger partial charge in [-0.2, -0.15) is 0 Å². The lowest BCUT2D eigenvalue weighted by molar-refractivity contribution is 0.0450. The normalized spacial score (nSPS) is 11.2. The van der Waals surface area contributed by atoms with E-state index in [0.29, 0.717) is 24.1 Å². The Bertz CT molecular complexity index is 1200. The van der Waals surface area contributed by atoms with E-state index < -0.39 is 17.2 Å². The Balaban J connectivity index is 1.96. The van der Waals surface area contributed by atoms with E-state index in [1.54, 1.807) is 10.8 Å². The molecule has 0 atom stereocenters. The smallest absolute Gasteiger partial charge is 0.359 e. The number of rotatable bonds is 8. The molecular formula is C18H21ClN6O4S. The number of fused-ring (bicyclic) bond motifs is 1. The van der Waals surface area contributed by atoms with Gasteiger partial charge in [-0.1, -0.05) is 36.7 Å². The van der Waals surface area contributed by atoms with Crippen molar-refractivity contribution >= 4 is 40.5 Å². The number of esters is 1. The highest BCUT2D eigenvalue weighted by molar-refractivity contribution is 7.98. The van der Waals surface area contributed by atoms with Crippen LogP contribution in [0.2, 0.25) is 5.02 Å². The first-order chi connectivity index (χ1) is 14.4. The molecule has 0 aliphatic heterocycles. The van der Waals surface area contributed by atoms with E-state index in [9.17, 15) is 14.4 Å². The molecule has 0 aliphatic rings. The molecule has 0 amide bonds. The molecule has 3 rings (SSSR count). The summed E-state index contributed by atoms with van der Waals surface area (Å²) in [7, 11) is 0. The van der Waals surface area contributed by atoms with Crippen LogP contribution >= 0.6 is 23.4 Å². The number of unbranched alkanes of at least 4 members (excludes halogenated alkanes) is 1. The van der Waals surface area contributed by atoms with E-state index in [4.69, 9.17) is 16.3 Å². The van der Waals surface area contributed by atoms with Crippen LogP contribution in [0.15, 0.2) is 20.9 Å². The number of ether oxygens (including phenoxy) is 1. The van der Waals surface area contributed by atoms with Crippen molar-refractivity contribution in [3.8, 4) is 0 Å². The first-order valence-electron chi connectivity index (χ1n) is 9.37. The number of hydrogen-bond donors (Lipinski definition) is 1. The number of carbonyl (C=O) groups excluding carboxylic acids is 1. The second-order valence-electron chi connectivity index (χ2n) is 6.34. The van der Waals surface area contributed by atoms with E-state index in [0.717, 1.165) is 12.8 Å². The molecule has 0 aromatic carbocycles. The van der Waals surface area contributed by atoms with Crippen LogP contribution in [0.1, 0.15) is 43.0 Å². The molecule has 12 heteroatoms. The van der Waals surface area contributed by atoms with Crippen molar-refractivity contribution in [1.82, 2.24) is 29.1 Å². The third-order valence-electron chi connectivity index (χ3n) is 4.45. The maximum absolute atomic E-state index is 12.5. The molecular weight excluding hydrogens is 432 g/mol. The summed E-state index contributed by atoms with van der Waals surface area (Å²) in [6.07, 6.45) is 4.75. The largest absolute Gasteiger partial charge is 0.453 e. The predicted molar refractivity (Wildman–Crippen MR) is 113 cm³/mol. The van der Waals surface area contributed by atoms with Crippen molar-refractivity contribution in [3.05, 3.63) is 43.6 Å². The highest BCUT2D eigenvalue weighted by atomic mass is 35.5. The van der Waals surface area contributed by atoms with Gasteiger partial charge in [0.05, 0.1) is 11.2 Å².